The molecule has 0 heterocycles. The van der Waals surface area contributed by atoms with Gasteiger partial charge in [0.2, 0.25) is 0 Å². The Morgan fingerprint density at radius 3 is 2.50 bits per heavy atom. The molecule has 0 bridgehead atoms. The summed E-state index contributed by atoms with van der Waals surface area (Å²) in [5.74, 6) is -0.225. The Hall–Kier alpha value is -3.84. The van der Waals surface area contributed by atoms with Crippen LogP contribution in [0.5, 0.6) is 5.75 Å². The molecule has 0 aliphatic heterocycles. The van der Waals surface area contributed by atoms with E-state index < -0.39 is 17.6 Å². The number of benzene rings is 4. The quantitative estimate of drug-likeness (QED) is 0.241. The number of fused-ring (bicyclic) bond motifs is 1. The van der Waals surface area contributed by atoms with E-state index >= 15 is 0 Å². The normalized spacial score (nSPS) is 11.6. The Kier molecular flexibility index (Phi) is 6.84. The maximum Gasteiger partial charge on any atom is 0.416 e. The average Bonchev–Trinajstić information content (AvgIpc) is 2.83. The summed E-state index contributed by atoms with van der Waals surface area (Å²) in [4.78, 5) is 12.4. The molecule has 0 fully saturated rings. The molecule has 4 aromatic carbocycles. The lowest BCUT2D eigenvalue weighted by atomic mass is 10.0. The second-order valence-corrected chi connectivity index (χ2v) is 7.83. The number of hydrogen-bond acceptors (Lipinski definition) is 3. The molecule has 0 aromatic heterocycles. The Labute approximate surface area is 198 Å². The number of hydrazone groups is 1. The van der Waals surface area contributed by atoms with Crippen LogP contribution < -0.4 is 10.2 Å². The van der Waals surface area contributed by atoms with E-state index in [9.17, 15) is 18.0 Å². The van der Waals surface area contributed by atoms with E-state index in [0.717, 1.165) is 28.5 Å². The molecule has 0 aliphatic carbocycles. The lowest BCUT2D eigenvalue weighted by molar-refractivity contribution is -0.137. The van der Waals surface area contributed by atoms with Crippen LogP contribution in [0.4, 0.5) is 13.2 Å². The smallest absolute Gasteiger partial charge is 0.416 e. The van der Waals surface area contributed by atoms with Gasteiger partial charge in [-0.05, 0) is 52.7 Å². The number of nitrogens with zero attached hydrogens (tertiary/aromatic N) is 1. The summed E-state index contributed by atoms with van der Waals surface area (Å²) in [5, 5.41) is 6.39. The van der Waals surface area contributed by atoms with E-state index in [1.807, 2.05) is 42.5 Å². The number of halogens is 4. The highest BCUT2D eigenvalue weighted by atomic mass is 35.5. The third kappa shape index (κ3) is 5.55. The SMILES string of the molecule is O=C(N/N=C\c1c(OCc2ccc(Cl)cc2)ccc2ccccc12)c1cccc(C(F)(F)F)c1. The highest BCUT2D eigenvalue weighted by molar-refractivity contribution is 6.30. The van der Waals surface area contributed by atoms with Gasteiger partial charge in [0.1, 0.15) is 12.4 Å². The van der Waals surface area contributed by atoms with Crippen molar-refractivity contribution in [2.75, 3.05) is 0 Å². The van der Waals surface area contributed by atoms with Crippen molar-refractivity contribution in [3.63, 3.8) is 0 Å². The fourth-order valence-electron chi connectivity index (χ4n) is 3.33. The maximum absolute atomic E-state index is 12.9. The average molecular weight is 483 g/mol. The molecule has 0 saturated carbocycles. The number of carbonyl (C=O) groups excluding carboxylic acids is 1. The lowest BCUT2D eigenvalue weighted by Gasteiger charge is -2.12. The molecule has 1 amide bonds. The van der Waals surface area contributed by atoms with Gasteiger partial charge in [-0.25, -0.2) is 5.43 Å². The largest absolute Gasteiger partial charge is 0.488 e. The van der Waals surface area contributed by atoms with Gasteiger partial charge in [-0.2, -0.15) is 18.3 Å². The highest BCUT2D eigenvalue weighted by Crippen LogP contribution is 2.30. The fraction of sp³-hybridized carbons (Fsp3) is 0.0769. The number of nitrogens with one attached hydrogen (secondary N) is 1. The van der Waals surface area contributed by atoms with E-state index in [1.54, 1.807) is 18.2 Å². The monoisotopic (exact) mass is 482 g/mol. The Morgan fingerprint density at radius 1 is 0.971 bits per heavy atom. The number of hydrogen-bond donors (Lipinski definition) is 1. The summed E-state index contributed by atoms with van der Waals surface area (Å²) < 4.78 is 44.8. The predicted molar refractivity (Wildman–Crippen MR) is 126 cm³/mol. The molecule has 0 saturated heterocycles. The zero-order valence-electron chi connectivity index (χ0n) is 17.6. The van der Waals surface area contributed by atoms with Crippen LogP contribution in [-0.2, 0) is 12.8 Å². The lowest BCUT2D eigenvalue weighted by Crippen LogP contribution is -2.18. The fourth-order valence-corrected chi connectivity index (χ4v) is 3.46. The summed E-state index contributed by atoms with van der Waals surface area (Å²) in [6.07, 6.45) is -3.12. The van der Waals surface area contributed by atoms with Crippen LogP contribution in [0.25, 0.3) is 10.8 Å². The minimum absolute atomic E-state index is 0.149. The summed E-state index contributed by atoms with van der Waals surface area (Å²) in [6.45, 7) is 0.285. The number of rotatable bonds is 6. The first-order chi connectivity index (χ1) is 16.3. The van der Waals surface area contributed by atoms with Gasteiger partial charge in [-0.3, -0.25) is 4.79 Å². The summed E-state index contributed by atoms with van der Waals surface area (Å²) in [5.41, 5.74) is 2.77. The second-order valence-electron chi connectivity index (χ2n) is 7.39. The standard InChI is InChI=1S/C26H18ClF3N2O2/c27-21-11-8-17(9-12-21)16-34-24-13-10-18-4-1-2-7-22(18)23(24)15-31-32-25(33)19-5-3-6-20(14-19)26(28,29)30/h1-15H,16H2,(H,32,33)/b31-15-. The molecule has 8 heteroatoms. The highest BCUT2D eigenvalue weighted by Gasteiger charge is 2.30. The molecule has 1 N–H and O–H groups in total. The first-order valence-electron chi connectivity index (χ1n) is 10.2. The molecular formula is C26H18ClF3N2O2. The molecule has 0 atom stereocenters. The third-order valence-corrected chi connectivity index (χ3v) is 5.30. The third-order valence-electron chi connectivity index (χ3n) is 5.05. The van der Waals surface area contributed by atoms with Crippen molar-refractivity contribution in [3.8, 4) is 5.75 Å². The van der Waals surface area contributed by atoms with Gasteiger partial charge in [-0.15, -0.1) is 0 Å². The molecule has 0 unspecified atom stereocenters. The van der Waals surface area contributed by atoms with Gasteiger partial charge in [-0.1, -0.05) is 60.1 Å². The van der Waals surface area contributed by atoms with Gasteiger partial charge in [0.05, 0.1) is 11.8 Å². The maximum atomic E-state index is 12.9. The van der Waals surface area contributed by atoms with Crippen LogP contribution >= 0.6 is 11.6 Å². The van der Waals surface area contributed by atoms with Crippen LogP contribution in [0.2, 0.25) is 5.02 Å². The van der Waals surface area contributed by atoms with Crippen LogP contribution in [0.3, 0.4) is 0 Å². The molecule has 4 rings (SSSR count). The van der Waals surface area contributed by atoms with Gasteiger partial charge in [0.25, 0.3) is 5.91 Å². The van der Waals surface area contributed by atoms with Crippen molar-refractivity contribution < 1.29 is 22.7 Å². The molecule has 0 aliphatic rings. The summed E-state index contributed by atoms with van der Waals surface area (Å²) in [6, 6.07) is 22.7. The summed E-state index contributed by atoms with van der Waals surface area (Å²) in [7, 11) is 0. The van der Waals surface area contributed by atoms with Crippen LogP contribution in [-0.4, -0.2) is 12.1 Å². The topological polar surface area (TPSA) is 50.7 Å². The minimum Gasteiger partial charge on any atom is -0.488 e. The molecule has 172 valence electrons. The van der Waals surface area contributed by atoms with Gasteiger partial charge < -0.3 is 4.74 Å². The van der Waals surface area contributed by atoms with E-state index in [-0.39, 0.29) is 12.2 Å². The Bertz CT molecular complexity index is 1350. The molecule has 4 nitrogen and oxygen atoms in total. The Morgan fingerprint density at radius 2 is 1.74 bits per heavy atom. The van der Waals surface area contributed by atoms with Crippen molar-refractivity contribution in [3.05, 3.63) is 112 Å². The molecule has 0 spiro atoms. The van der Waals surface area contributed by atoms with Crippen molar-refractivity contribution in [2.24, 2.45) is 5.10 Å². The van der Waals surface area contributed by atoms with Crippen molar-refractivity contribution in [1.29, 1.82) is 0 Å². The van der Waals surface area contributed by atoms with Gasteiger partial charge >= 0.3 is 6.18 Å². The molecular weight excluding hydrogens is 465 g/mol. The zero-order chi connectivity index (χ0) is 24.1. The number of amides is 1. The van der Waals surface area contributed by atoms with Crippen molar-refractivity contribution in [1.82, 2.24) is 5.43 Å². The van der Waals surface area contributed by atoms with Crippen LogP contribution in [0.1, 0.15) is 27.0 Å². The first kappa shape index (κ1) is 23.3. The first-order valence-corrected chi connectivity index (χ1v) is 10.6. The summed E-state index contributed by atoms with van der Waals surface area (Å²) >= 11 is 5.93. The van der Waals surface area contributed by atoms with Crippen LogP contribution in [0, 0.1) is 0 Å². The van der Waals surface area contributed by atoms with Crippen molar-refractivity contribution >= 4 is 34.5 Å². The van der Waals surface area contributed by atoms with Crippen LogP contribution in [0.15, 0.2) is 90.0 Å². The second kappa shape index (κ2) is 9.97. The van der Waals surface area contributed by atoms with E-state index in [2.05, 4.69) is 10.5 Å². The number of carbonyl (C=O) groups is 1. The molecule has 0 radical (unpaired) electrons. The number of alkyl halides is 3. The van der Waals surface area contributed by atoms with Gasteiger partial charge in [0, 0.05) is 16.1 Å². The Balaban J connectivity index is 1.57. The number of ether oxygens (including phenoxy) is 1. The van der Waals surface area contributed by atoms with E-state index in [4.69, 9.17) is 16.3 Å². The van der Waals surface area contributed by atoms with Gasteiger partial charge in [0.15, 0.2) is 0 Å². The predicted octanol–water partition coefficient (Wildman–Crippen LogP) is 6.85. The molecule has 34 heavy (non-hydrogen) atoms. The molecule has 4 aromatic rings. The van der Waals surface area contributed by atoms with E-state index in [1.165, 1.54) is 18.3 Å². The van der Waals surface area contributed by atoms with E-state index in [0.29, 0.717) is 16.3 Å². The zero-order valence-corrected chi connectivity index (χ0v) is 18.4. The minimum atomic E-state index is -4.54. The van der Waals surface area contributed by atoms with Crippen molar-refractivity contribution in [2.45, 2.75) is 12.8 Å².